The molecule has 0 unspecified atom stereocenters. The van der Waals surface area contributed by atoms with Gasteiger partial charge in [-0.15, -0.1) is 0 Å². The Hall–Kier alpha value is -0.00312. The molecule has 23 heavy (non-hydrogen) atoms. The number of sulfonamides is 1. The fourth-order valence-electron chi connectivity index (χ4n) is 3.00. The van der Waals surface area contributed by atoms with Crippen molar-refractivity contribution in [3.8, 4) is 0 Å². The number of hydrogen-bond donors (Lipinski definition) is 0. The second kappa shape index (κ2) is 6.72. The van der Waals surface area contributed by atoms with E-state index in [0.717, 1.165) is 12.5 Å². The SMILES string of the molecule is C[SiH](C)OC[C@@]1(C(C)(C)C)C[C@@H](OS(C)(=O)=O)CN1S(C)(=O)=O. The van der Waals surface area contributed by atoms with Crippen molar-refractivity contribution in [3.05, 3.63) is 0 Å². The highest BCUT2D eigenvalue weighted by Gasteiger charge is 2.57. The molecule has 0 radical (unpaired) electrons. The maximum absolute atomic E-state index is 12.3. The molecular formula is C13H29NO6S2Si. The Kier molecular flexibility index (Phi) is 6.14. The first-order valence-corrected chi connectivity index (χ1v) is 14.0. The van der Waals surface area contributed by atoms with Crippen molar-refractivity contribution in [2.24, 2.45) is 5.41 Å². The van der Waals surface area contributed by atoms with Crippen LogP contribution in [0.15, 0.2) is 0 Å². The topological polar surface area (TPSA) is 90.0 Å². The molecule has 0 aromatic heterocycles. The van der Waals surface area contributed by atoms with Crippen LogP contribution in [0.2, 0.25) is 13.1 Å². The second-order valence-electron chi connectivity index (χ2n) is 7.56. The molecule has 0 N–H and O–H groups in total. The van der Waals surface area contributed by atoms with Gasteiger partial charge in [-0.3, -0.25) is 4.18 Å². The van der Waals surface area contributed by atoms with Crippen molar-refractivity contribution in [2.45, 2.75) is 51.9 Å². The third-order valence-electron chi connectivity index (χ3n) is 4.17. The maximum atomic E-state index is 12.3. The Morgan fingerprint density at radius 3 is 2.04 bits per heavy atom. The van der Waals surface area contributed by atoms with Gasteiger partial charge in [0, 0.05) is 6.54 Å². The summed E-state index contributed by atoms with van der Waals surface area (Å²) in [5, 5.41) is 0. The van der Waals surface area contributed by atoms with E-state index in [-0.39, 0.29) is 19.6 Å². The van der Waals surface area contributed by atoms with Crippen molar-refractivity contribution >= 4 is 29.2 Å². The van der Waals surface area contributed by atoms with Crippen LogP contribution in [0, 0.1) is 5.41 Å². The largest absolute Gasteiger partial charge is 0.419 e. The van der Waals surface area contributed by atoms with Gasteiger partial charge in [0.1, 0.15) is 0 Å². The van der Waals surface area contributed by atoms with Gasteiger partial charge in [-0.1, -0.05) is 20.8 Å². The summed E-state index contributed by atoms with van der Waals surface area (Å²) >= 11 is 0. The fourth-order valence-corrected chi connectivity index (χ4v) is 5.70. The number of nitrogens with zero attached hydrogens (tertiary/aromatic N) is 1. The van der Waals surface area contributed by atoms with Crippen LogP contribution >= 0.6 is 0 Å². The third-order valence-corrected chi connectivity index (χ3v) is 6.93. The van der Waals surface area contributed by atoms with E-state index in [1.165, 1.54) is 4.31 Å². The van der Waals surface area contributed by atoms with Crippen LogP contribution < -0.4 is 0 Å². The Morgan fingerprint density at radius 2 is 1.70 bits per heavy atom. The molecule has 1 fully saturated rings. The molecule has 0 amide bonds. The molecule has 1 saturated heterocycles. The summed E-state index contributed by atoms with van der Waals surface area (Å²) in [5.74, 6) is 0. The van der Waals surface area contributed by atoms with Crippen LogP contribution in [-0.2, 0) is 28.8 Å². The van der Waals surface area contributed by atoms with Crippen LogP contribution in [0.4, 0.5) is 0 Å². The average molecular weight is 388 g/mol. The molecule has 1 aliphatic rings. The van der Waals surface area contributed by atoms with Crippen molar-refractivity contribution in [1.82, 2.24) is 4.31 Å². The van der Waals surface area contributed by atoms with E-state index in [9.17, 15) is 16.8 Å². The van der Waals surface area contributed by atoms with Gasteiger partial charge >= 0.3 is 0 Å². The smallest absolute Gasteiger partial charge is 0.264 e. The summed E-state index contributed by atoms with van der Waals surface area (Å²) in [6.45, 7) is 10.1. The first-order valence-electron chi connectivity index (χ1n) is 7.56. The molecule has 0 bridgehead atoms. The highest BCUT2D eigenvalue weighted by Crippen LogP contribution is 2.46. The molecule has 0 aliphatic carbocycles. The van der Waals surface area contributed by atoms with Gasteiger partial charge in [-0.25, -0.2) is 8.42 Å². The van der Waals surface area contributed by atoms with E-state index in [1.807, 2.05) is 33.9 Å². The summed E-state index contributed by atoms with van der Waals surface area (Å²) in [4.78, 5) is 0. The van der Waals surface area contributed by atoms with Crippen molar-refractivity contribution < 1.29 is 25.4 Å². The lowest BCUT2D eigenvalue weighted by Crippen LogP contribution is -2.58. The molecular weight excluding hydrogens is 358 g/mol. The second-order valence-corrected chi connectivity index (χ2v) is 13.5. The van der Waals surface area contributed by atoms with E-state index in [0.29, 0.717) is 0 Å². The summed E-state index contributed by atoms with van der Waals surface area (Å²) < 4.78 is 59.9. The van der Waals surface area contributed by atoms with Crippen LogP contribution in [0.25, 0.3) is 0 Å². The highest BCUT2D eigenvalue weighted by molar-refractivity contribution is 7.88. The van der Waals surface area contributed by atoms with Gasteiger partial charge in [0.2, 0.25) is 10.0 Å². The van der Waals surface area contributed by atoms with Crippen LogP contribution in [0.3, 0.4) is 0 Å². The number of hydrogen-bond acceptors (Lipinski definition) is 6. The zero-order valence-corrected chi connectivity index (χ0v) is 17.8. The van der Waals surface area contributed by atoms with Gasteiger partial charge in [-0.05, 0) is 24.9 Å². The first kappa shape index (κ1) is 21.0. The molecule has 138 valence electrons. The lowest BCUT2D eigenvalue weighted by molar-refractivity contribution is 0.0317. The van der Waals surface area contributed by atoms with E-state index in [1.54, 1.807) is 0 Å². The predicted octanol–water partition coefficient (Wildman–Crippen LogP) is 0.781. The van der Waals surface area contributed by atoms with Crippen LogP contribution in [-0.4, -0.2) is 67.5 Å². The molecule has 0 aromatic carbocycles. The Bertz CT molecular complexity index is 625. The third kappa shape index (κ3) is 5.23. The zero-order valence-electron chi connectivity index (χ0n) is 15.0. The first-order chi connectivity index (χ1) is 10.1. The van der Waals surface area contributed by atoms with Crippen molar-refractivity contribution in [1.29, 1.82) is 0 Å². The van der Waals surface area contributed by atoms with E-state index < -0.39 is 46.2 Å². The number of rotatable bonds is 6. The lowest BCUT2D eigenvalue weighted by atomic mass is 9.73. The molecule has 2 atom stereocenters. The predicted molar refractivity (Wildman–Crippen MR) is 92.9 cm³/mol. The zero-order chi connectivity index (χ0) is 18.3. The summed E-state index contributed by atoms with van der Waals surface area (Å²) in [5.41, 5.74) is -1.26. The summed E-state index contributed by atoms with van der Waals surface area (Å²) in [6, 6.07) is 0. The summed E-state index contributed by atoms with van der Waals surface area (Å²) in [7, 11) is -8.56. The lowest BCUT2D eigenvalue weighted by Gasteiger charge is -2.47. The van der Waals surface area contributed by atoms with Crippen LogP contribution in [0.1, 0.15) is 27.2 Å². The molecule has 0 spiro atoms. The molecule has 1 aliphatic heterocycles. The van der Waals surface area contributed by atoms with Crippen molar-refractivity contribution in [3.63, 3.8) is 0 Å². The van der Waals surface area contributed by atoms with Gasteiger partial charge in [0.05, 0.1) is 30.8 Å². The minimum absolute atomic E-state index is 0.0200. The molecule has 0 saturated carbocycles. The van der Waals surface area contributed by atoms with Gasteiger partial charge in [-0.2, -0.15) is 12.7 Å². The molecule has 1 heterocycles. The normalized spacial score (nSPS) is 27.7. The standard InChI is InChI=1S/C13H29NO6S2Si/c1-12(2,3)13(10-19-23(6)7)8-11(20-22(5,17)18)9-14(13)21(4,15)16/h11,23H,8-10H2,1-7H3/t11-,13-/m1/s1. The monoisotopic (exact) mass is 387 g/mol. The van der Waals surface area contributed by atoms with Gasteiger partial charge in [0.15, 0.2) is 9.04 Å². The van der Waals surface area contributed by atoms with E-state index in [4.69, 9.17) is 8.61 Å². The molecule has 0 aromatic rings. The van der Waals surface area contributed by atoms with Gasteiger partial charge in [0.25, 0.3) is 10.1 Å². The maximum Gasteiger partial charge on any atom is 0.264 e. The fraction of sp³-hybridized carbons (Fsp3) is 1.00. The van der Waals surface area contributed by atoms with Gasteiger partial charge < -0.3 is 4.43 Å². The Labute approximate surface area is 142 Å². The quantitative estimate of drug-likeness (QED) is 0.494. The summed E-state index contributed by atoms with van der Waals surface area (Å²) in [6.07, 6.45) is 1.71. The molecule has 10 heteroatoms. The van der Waals surface area contributed by atoms with E-state index >= 15 is 0 Å². The average Bonchev–Trinajstić information content (AvgIpc) is 2.62. The minimum Gasteiger partial charge on any atom is -0.419 e. The Morgan fingerprint density at radius 1 is 1.17 bits per heavy atom. The van der Waals surface area contributed by atoms with Crippen molar-refractivity contribution in [2.75, 3.05) is 25.7 Å². The molecule has 1 rings (SSSR count). The molecule has 7 nitrogen and oxygen atoms in total. The van der Waals surface area contributed by atoms with E-state index in [2.05, 4.69) is 0 Å². The van der Waals surface area contributed by atoms with Crippen LogP contribution in [0.5, 0.6) is 0 Å². The highest BCUT2D eigenvalue weighted by atomic mass is 32.2. The minimum atomic E-state index is -3.66. The Balaban J connectivity index is 3.31.